The molecule has 0 bridgehead atoms. The van der Waals surface area contributed by atoms with Crippen molar-refractivity contribution < 1.29 is 14.3 Å². The lowest BCUT2D eigenvalue weighted by Crippen LogP contribution is -2.02. The van der Waals surface area contributed by atoms with Crippen molar-refractivity contribution in [1.29, 1.82) is 0 Å². The number of hydrogen-bond donors (Lipinski definition) is 1. The maximum atomic E-state index is 13.4. The zero-order valence-corrected chi connectivity index (χ0v) is 11.3. The normalized spacial score (nSPS) is 10.3. The second-order valence-electron chi connectivity index (χ2n) is 3.33. The Bertz CT molecular complexity index is 589. The molecule has 0 spiro atoms. The number of aromatic carboxylic acids is 1. The molecule has 1 aromatic carbocycles. The Kier molecular flexibility index (Phi) is 3.98. The van der Waals surface area contributed by atoms with Crippen LogP contribution in [0, 0.1) is 5.82 Å². The Labute approximate surface area is 115 Å². The van der Waals surface area contributed by atoms with Gasteiger partial charge in [-0.3, -0.25) is 0 Å². The molecule has 2 aromatic rings. The predicted molar refractivity (Wildman–Crippen MR) is 69.4 cm³/mol. The van der Waals surface area contributed by atoms with E-state index in [0.717, 1.165) is 22.3 Å². The zero-order chi connectivity index (χ0) is 13.1. The van der Waals surface area contributed by atoms with Gasteiger partial charge in [0, 0.05) is 15.6 Å². The quantitative estimate of drug-likeness (QED) is 0.930. The summed E-state index contributed by atoms with van der Waals surface area (Å²) < 4.78 is 14.3. The summed E-state index contributed by atoms with van der Waals surface area (Å²) in [4.78, 5) is 15.4. The third kappa shape index (κ3) is 2.88. The van der Waals surface area contributed by atoms with Gasteiger partial charge in [-0.1, -0.05) is 17.8 Å². The number of aromatic nitrogens is 1. The van der Waals surface area contributed by atoms with E-state index in [2.05, 4.69) is 20.9 Å². The third-order valence-electron chi connectivity index (χ3n) is 2.10. The van der Waals surface area contributed by atoms with E-state index in [4.69, 9.17) is 5.11 Å². The number of pyridine rings is 1. The maximum Gasteiger partial charge on any atom is 0.339 e. The van der Waals surface area contributed by atoms with Gasteiger partial charge in [0.25, 0.3) is 0 Å². The Morgan fingerprint density at radius 1 is 1.33 bits per heavy atom. The van der Waals surface area contributed by atoms with Crippen molar-refractivity contribution in [2.45, 2.75) is 9.92 Å². The standard InChI is InChI=1S/C12H7BrFNO2S/c13-7-4-5-10(15-6-7)18-9-3-1-2-8(14)11(9)12(16)17/h1-6H,(H,16,17). The average molecular weight is 328 g/mol. The molecule has 1 aromatic heterocycles. The fourth-order valence-corrected chi connectivity index (χ4v) is 2.47. The summed E-state index contributed by atoms with van der Waals surface area (Å²) in [7, 11) is 0. The van der Waals surface area contributed by atoms with Crippen LogP contribution in [0.15, 0.2) is 50.9 Å². The van der Waals surface area contributed by atoms with Crippen LogP contribution in [0.2, 0.25) is 0 Å². The highest BCUT2D eigenvalue weighted by atomic mass is 79.9. The largest absolute Gasteiger partial charge is 0.478 e. The van der Waals surface area contributed by atoms with Crippen LogP contribution in [0.1, 0.15) is 10.4 Å². The monoisotopic (exact) mass is 327 g/mol. The van der Waals surface area contributed by atoms with Crippen molar-refractivity contribution in [3.63, 3.8) is 0 Å². The lowest BCUT2D eigenvalue weighted by Gasteiger charge is -2.05. The topological polar surface area (TPSA) is 50.2 Å². The zero-order valence-electron chi connectivity index (χ0n) is 8.93. The predicted octanol–water partition coefficient (Wildman–Crippen LogP) is 3.83. The van der Waals surface area contributed by atoms with Crippen LogP contribution < -0.4 is 0 Å². The number of carboxylic acid groups (broad SMARTS) is 1. The van der Waals surface area contributed by atoms with E-state index in [1.54, 1.807) is 24.4 Å². The molecule has 6 heteroatoms. The third-order valence-corrected chi connectivity index (χ3v) is 3.58. The van der Waals surface area contributed by atoms with E-state index >= 15 is 0 Å². The van der Waals surface area contributed by atoms with Crippen molar-refractivity contribution in [3.8, 4) is 0 Å². The Balaban J connectivity index is 2.37. The molecule has 18 heavy (non-hydrogen) atoms. The van der Waals surface area contributed by atoms with E-state index in [1.807, 2.05) is 0 Å². The summed E-state index contributed by atoms with van der Waals surface area (Å²) >= 11 is 4.37. The number of hydrogen-bond acceptors (Lipinski definition) is 3. The van der Waals surface area contributed by atoms with Crippen molar-refractivity contribution in [3.05, 3.63) is 52.4 Å². The van der Waals surface area contributed by atoms with Gasteiger partial charge in [0.1, 0.15) is 16.4 Å². The molecule has 3 nitrogen and oxygen atoms in total. The molecule has 0 aliphatic carbocycles. The first kappa shape index (κ1) is 13.0. The smallest absolute Gasteiger partial charge is 0.339 e. The molecule has 92 valence electrons. The van der Waals surface area contributed by atoms with Crippen LogP contribution >= 0.6 is 27.7 Å². The highest BCUT2D eigenvalue weighted by molar-refractivity contribution is 9.10. The second-order valence-corrected chi connectivity index (χ2v) is 5.31. The van der Waals surface area contributed by atoms with Crippen molar-refractivity contribution in [1.82, 2.24) is 4.98 Å². The van der Waals surface area contributed by atoms with Crippen LogP contribution in [0.3, 0.4) is 0 Å². The van der Waals surface area contributed by atoms with Crippen LogP contribution in [0.25, 0.3) is 0 Å². The molecule has 0 fully saturated rings. The minimum atomic E-state index is -1.28. The molecule has 1 N–H and O–H groups in total. The van der Waals surface area contributed by atoms with Gasteiger partial charge < -0.3 is 5.11 Å². The fourth-order valence-electron chi connectivity index (χ4n) is 1.33. The van der Waals surface area contributed by atoms with Gasteiger partial charge in [-0.05, 0) is 40.2 Å². The maximum absolute atomic E-state index is 13.4. The SMILES string of the molecule is O=C(O)c1c(F)cccc1Sc1ccc(Br)cn1. The van der Waals surface area contributed by atoms with E-state index in [0.29, 0.717) is 9.92 Å². The highest BCUT2D eigenvalue weighted by Gasteiger charge is 2.16. The lowest BCUT2D eigenvalue weighted by atomic mass is 10.2. The van der Waals surface area contributed by atoms with E-state index in [1.165, 1.54) is 6.07 Å². The first-order valence-electron chi connectivity index (χ1n) is 4.89. The molecule has 0 radical (unpaired) electrons. The average Bonchev–Trinajstić information content (AvgIpc) is 2.32. The molecule has 0 aliphatic heterocycles. The van der Waals surface area contributed by atoms with Crippen LogP contribution in [0.5, 0.6) is 0 Å². The first-order chi connectivity index (χ1) is 8.58. The number of carbonyl (C=O) groups is 1. The Hall–Kier alpha value is -1.40. The summed E-state index contributed by atoms with van der Waals surface area (Å²) in [5.41, 5.74) is -0.327. The van der Waals surface area contributed by atoms with Gasteiger partial charge in [-0.25, -0.2) is 14.2 Å². The van der Waals surface area contributed by atoms with E-state index in [9.17, 15) is 9.18 Å². The molecule has 0 amide bonds. The van der Waals surface area contributed by atoms with Crippen molar-refractivity contribution in [2.75, 3.05) is 0 Å². The Morgan fingerprint density at radius 2 is 2.11 bits per heavy atom. The summed E-state index contributed by atoms with van der Waals surface area (Å²) in [6.07, 6.45) is 1.60. The van der Waals surface area contributed by atoms with Crippen molar-refractivity contribution in [2.24, 2.45) is 0 Å². The number of nitrogens with zero attached hydrogens (tertiary/aromatic N) is 1. The molecular weight excluding hydrogens is 321 g/mol. The first-order valence-corrected chi connectivity index (χ1v) is 6.50. The van der Waals surface area contributed by atoms with Crippen LogP contribution in [-0.4, -0.2) is 16.1 Å². The second kappa shape index (κ2) is 5.49. The molecular formula is C12H7BrFNO2S. The molecule has 0 atom stereocenters. The van der Waals surface area contributed by atoms with Crippen LogP contribution in [0.4, 0.5) is 4.39 Å². The summed E-state index contributed by atoms with van der Waals surface area (Å²) in [5.74, 6) is -2.03. The van der Waals surface area contributed by atoms with Gasteiger partial charge in [0.15, 0.2) is 0 Å². The molecule has 1 heterocycles. The molecule has 2 rings (SSSR count). The lowest BCUT2D eigenvalue weighted by molar-refractivity contribution is 0.0688. The van der Waals surface area contributed by atoms with Crippen LogP contribution in [-0.2, 0) is 0 Å². The number of benzene rings is 1. The van der Waals surface area contributed by atoms with E-state index < -0.39 is 11.8 Å². The van der Waals surface area contributed by atoms with Gasteiger partial charge in [-0.2, -0.15) is 0 Å². The minimum absolute atomic E-state index is 0.327. The van der Waals surface area contributed by atoms with E-state index in [-0.39, 0.29) is 5.56 Å². The Morgan fingerprint density at radius 3 is 2.72 bits per heavy atom. The van der Waals surface area contributed by atoms with Gasteiger partial charge in [0.05, 0.1) is 0 Å². The molecule has 0 unspecified atom stereocenters. The van der Waals surface area contributed by atoms with Gasteiger partial charge >= 0.3 is 5.97 Å². The summed E-state index contributed by atoms with van der Waals surface area (Å²) in [5, 5.41) is 9.59. The van der Waals surface area contributed by atoms with Crippen molar-refractivity contribution >= 4 is 33.7 Å². The number of halogens is 2. The number of carboxylic acids is 1. The fraction of sp³-hybridized carbons (Fsp3) is 0. The number of rotatable bonds is 3. The molecule has 0 saturated heterocycles. The minimum Gasteiger partial charge on any atom is -0.478 e. The summed E-state index contributed by atoms with van der Waals surface area (Å²) in [6, 6.07) is 7.67. The van der Waals surface area contributed by atoms with Gasteiger partial charge in [0.2, 0.25) is 0 Å². The highest BCUT2D eigenvalue weighted by Crippen LogP contribution is 2.30. The molecule has 0 saturated carbocycles. The van der Waals surface area contributed by atoms with Gasteiger partial charge in [-0.15, -0.1) is 0 Å². The molecule has 0 aliphatic rings. The summed E-state index contributed by atoms with van der Waals surface area (Å²) in [6.45, 7) is 0.